The molecule has 5 aliphatic carbocycles. The molecule has 0 aliphatic heterocycles. The zero-order valence-corrected chi connectivity index (χ0v) is 23.2. The molecule has 1 aromatic heterocycles. The van der Waals surface area contributed by atoms with Gasteiger partial charge in [-0.1, -0.05) is 49.9 Å². The van der Waals surface area contributed by atoms with E-state index in [9.17, 15) is 9.59 Å². The molecule has 3 N–H and O–H groups in total. The van der Waals surface area contributed by atoms with E-state index in [1.165, 1.54) is 57.8 Å². The molecule has 0 spiro atoms. The van der Waals surface area contributed by atoms with Gasteiger partial charge in [0.15, 0.2) is 0 Å². The van der Waals surface area contributed by atoms with Crippen LogP contribution in [0.4, 0.5) is 5.69 Å². The van der Waals surface area contributed by atoms with Crippen molar-refractivity contribution in [2.45, 2.75) is 76.7 Å². The van der Waals surface area contributed by atoms with Crippen LogP contribution in [-0.4, -0.2) is 27.8 Å². The summed E-state index contributed by atoms with van der Waals surface area (Å²) in [7, 11) is 0. The van der Waals surface area contributed by atoms with Gasteiger partial charge in [-0.3, -0.25) is 9.59 Å². The highest BCUT2D eigenvalue weighted by Crippen LogP contribution is 2.56. The molecule has 5 aliphatic rings. The van der Waals surface area contributed by atoms with Gasteiger partial charge in [0.2, 0.25) is 5.91 Å². The molecule has 40 heavy (non-hydrogen) atoms. The normalized spacial score (nSPS) is 27.8. The molecule has 208 valence electrons. The van der Waals surface area contributed by atoms with Crippen molar-refractivity contribution in [2.75, 3.05) is 5.32 Å². The molecule has 0 atom stereocenters. The van der Waals surface area contributed by atoms with Crippen LogP contribution in [0.3, 0.4) is 0 Å². The lowest BCUT2D eigenvalue weighted by Crippen LogP contribution is -2.49. The number of hydrogen-bond acceptors (Lipinski definition) is 3. The average molecular weight is 537 g/mol. The van der Waals surface area contributed by atoms with Crippen molar-refractivity contribution in [3.05, 3.63) is 60.3 Å². The van der Waals surface area contributed by atoms with Gasteiger partial charge in [0.1, 0.15) is 5.82 Å². The number of benzene rings is 2. The summed E-state index contributed by atoms with van der Waals surface area (Å²) in [5.74, 6) is 3.87. The molecule has 0 radical (unpaired) electrons. The van der Waals surface area contributed by atoms with Crippen molar-refractivity contribution in [1.82, 2.24) is 15.3 Å². The molecule has 5 saturated carbocycles. The van der Waals surface area contributed by atoms with Crippen molar-refractivity contribution in [2.24, 2.45) is 29.6 Å². The summed E-state index contributed by atoms with van der Waals surface area (Å²) in [5.41, 5.74) is 4.25. The zero-order chi connectivity index (χ0) is 27.1. The largest absolute Gasteiger partial charge is 0.349 e. The number of nitrogens with one attached hydrogen (secondary N) is 3. The predicted molar refractivity (Wildman–Crippen MR) is 158 cm³/mol. The fraction of sp³-hybridized carbons (Fsp3) is 0.500. The molecule has 6 heteroatoms. The monoisotopic (exact) mass is 536 g/mol. The lowest BCUT2D eigenvalue weighted by Gasteiger charge is -2.53. The van der Waals surface area contributed by atoms with Gasteiger partial charge in [0.05, 0.1) is 17.6 Å². The molecular weight excluding hydrogens is 496 g/mol. The molecule has 0 saturated heterocycles. The number of hydrogen-bond donors (Lipinski definition) is 3. The molecule has 3 aromatic rings. The SMILES string of the molecule is O=C(NC1CCCCCC1)c1ccc(-c2cnc(-c3ccccc3NC(=O)C3C4CC5CC(C4)CC3C5)[nH]2)cc1. The fourth-order valence-electron chi connectivity index (χ4n) is 8.47. The third-order valence-electron chi connectivity index (χ3n) is 10.2. The molecule has 5 fully saturated rings. The minimum absolute atomic E-state index is 0.00699. The molecule has 8 rings (SSSR count). The lowest BCUT2D eigenvalue weighted by atomic mass is 9.51. The Morgan fingerprint density at radius 3 is 2.17 bits per heavy atom. The van der Waals surface area contributed by atoms with Gasteiger partial charge in [-0.25, -0.2) is 4.98 Å². The lowest BCUT2D eigenvalue weighted by molar-refractivity contribution is -0.132. The van der Waals surface area contributed by atoms with E-state index in [1.54, 1.807) is 0 Å². The number of H-pyrrole nitrogens is 1. The van der Waals surface area contributed by atoms with E-state index < -0.39 is 0 Å². The zero-order valence-electron chi connectivity index (χ0n) is 23.2. The van der Waals surface area contributed by atoms with Gasteiger partial charge < -0.3 is 15.6 Å². The maximum Gasteiger partial charge on any atom is 0.251 e. The van der Waals surface area contributed by atoms with E-state index in [2.05, 4.69) is 20.6 Å². The van der Waals surface area contributed by atoms with E-state index in [1.807, 2.05) is 54.7 Å². The Hall–Kier alpha value is -3.41. The van der Waals surface area contributed by atoms with Gasteiger partial charge >= 0.3 is 0 Å². The van der Waals surface area contributed by atoms with Gasteiger partial charge in [0.25, 0.3) is 5.91 Å². The third-order valence-corrected chi connectivity index (χ3v) is 10.2. The number of imidazole rings is 1. The quantitative estimate of drug-likeness (QED) is 0.291. The number of anilines is 1. The smallest absolute Gasteiger partial charge is 0.251 e. The van der Waals surface area contributed by atoms with E-state index in [4.69, 9.17) is 0 Å². The maximum atomic E-state index is 13.6. The van der Waals surface area contributed by atoms with Gasteiger partial charge in [-0.15, -0.1) is 0 Å². The summed E-state index contributed by atoms with van der Waals surface area (Å²) < 4.78 is 0. The Morgan fingerprint density at radius 1 is 0.800 bits per heavy atom. The summed E-state index contributed by atoms with van der Waals surface area (Å²) >= 11 is 0. The van der Waals surface area contributed by atoms with Crippen molar-refractivity contribution in [1.29, 1.82) is 0 Å². The predicted octanol–water partition coefficient (Wildman–Crippen LogP) is 7.21. The number of nitrogens with zero attached hydrogens (tertiary/aromatic N) is 1. The average Bonchev–Trinajstić information content (AvgIpc) is 3.31. The van der Waals surface area contributed by atoms with Crippen LogP contribution in [0.15, 0.2) is 54.7 Å². The molecule has 0 unspecified atom stereocenters. The molecule has 4 bridgehead atoms. The summed E-state index contributed by atoms with van der Waals surface area (Å²) in [4.78, 5) is 34.5. The second-order valence-electron chi connectivity index (χ2n) is 12.9. The Balaban J connectivity index is 1.04. The Morgan fingerprint density at radius 2 is 1.48 bits per heavy atom. The van der Waals surface area contributed by atoms with Crippen molar-refractivity contribution in [3.8, 4) is 22.6 Å². The first-order valence-electron chi connectivity index (χ1n) is 15.5. The summed E-state index contributed by atoms with van der Waals surface area (Å²) in [6.07, 6.45) is 15.2. The van der Waals surface area contributed by atoms with Crippen LogP contribution < -0.4 is 10.6 Å². The summed E-state index contributed by atoms with van der Waals surface area (Å²) in [5, 5.41) is 6.53. The molecule has 2 amide bonds. The first-order valence-corrected chi connectivity index (χ1v) is 15.5. The molecular formula is C34H40N4O2. The number of para-hydroxylation sites is 1. The number of rotatable bonds is 6. The maximum absolute atomic E-state index is 13.6. The standard InChI is InChI=1S/C34H40N4O2/c39-33(36-27-7-3-1-2-4-8-27)24-13-11-23(12-14-24)30-20-35-32(37-30)28-9-5-6-10-29(28)38-34(40)31-25-16-21-15-22(18-25)19-26(31)17-21/h5-6,9-14,20-22,25-27,31H,1-4,7-8,15-19H2,(H,35,37)(H,36,39)(H,38,40). The first-order chi connectivity index (χ1) is 19.6. The fourth-order valence-corrected chi connectivity index (χ4v) is 8.47. The number of carbonyl (C=O) groups is 2. The van der Waals surface area contributed by atoms with Crippen molar-refractivity contribution in [3.63, 3.8) is 0 Å². The van der Waals surface area contributed by atoms with E-state index in [0.29, 0.717) is 17.4 Å². The minimum Gasteiger partial charge on any atom is -0.349 e. The topological polar surface area (TPSA) is 86.9 Å². The van der Waals surface area contributed by atoms with Crippen LogP contribution in [0.1, 0.15) is 81.0 Å². The first kappa shape index (κ1) is 25.6. The number of aromatic nitrogens is 2. The van der Waals surface area contributed by atoms with Crippen LogP contribution in [0.5, 0.6) is 0 Å². The number of amides is 2. The second-order valence-corrected chi connectivity index (χ2v) is 12.9. The highest BCUT2D eigenvalue weighted by Gasteiger charge is 2.50. The molecule has 2 aromatic carbocycles. The Bertz CT molecular complexity index is 1340. The van der Waals surface area contributed by atoms with Gasteiger partial charge in [-0.05, 0) is 98.4 Å². The Kier molecular flexibility index (Phi) is 6.94. The van der Waals surface area contributed by atoms with Crippen LogP contribution >= 0.6 is 0 Å². The van der Waals surface area contributed by atoms with Crippen LogP contribution in [-0.2, 0) is 4.79 Å². The Labute approximate surface area is 236 Å². The van der Waals surface area contributed by atoms with Crippen LogP contribution in [0.2, 0.25) is 0 Å². The molecule has 1 heterocycles. The number of aromatic amines is 1. The summed E-state index contributed by atoms with van der Waals surface area (Å²) in [6.45, 7) is 0. The summed E-state index contributed by atoms with van der Waals surface area (Å²) in [6, 6.07) is 16.0. The third kappa shape index (κ3) is 5.09. The van der Waals surface area contributed by atoms with Crippen molar-refractivity contribution < 1.29 is 9.59 Å². The molecule has 6 nitrogen and oxygen atoms in total. The van der Waals surface area contributed by atoms with E-state index >= 15 is 0 Å². The highest BCUT2D eigenvalue weighted by atomic mass is 16.2. The van der Waals surface area contributed by atoms with E-state index in [-0.39, 0.29) is 23.8 Å². The van der Waals surface area contributed by atoms with Crippen LogP contribution in [0.25, 0.3) is 22.6 Å². The second kappa shape index (κ2) is 10.9. The van der Waals surface area contributed by atoms with Gasteiger partial charge in [0, 0.05) is 23.1 Å². The van der Waals surface area contributed by atoms with E-state index in [0.717, 1.165) is 53.0 Å². The van der Waals surface area contributed by atoms with Crippen LogP contribution in [0, 0.1) is 29.6 Å². The van der Waals surface area contributed by atoms with Crippen molar-refractivity contribution >= 4 is 17.5 Å². The minimum atomic E-state index is 0.00699. The number of carbonyl (C=O) groups excluding carboxylic acids is 2. The highest BCUT2D eigenvalue weighted by molar-refractivity contribution is 5.97. The van der Waals surface area contributed by atoms with Gasteiger partial charge in [-0.2, -0.15) is 0 Å².